The predicted octanol–water partition coefficient (Wildman–Crippen LogP) is 3.67. The van der Waals surface area contributed by atoms with Crippen molar-refractivity contribution in [2.75, 3.05) is 6.61 Å². The number of ether oxygens (including phenoxy) is 2. The third-order valence-electron chi connectivity index (χ3n) is 4.52. The van der Waals surface area contributed by atoms with Crippen LogP contribution in [0.1, 0.15) is 44.1 Å². The van der Waals surface area contributed by atoms with Gasteiger partial charge in [-0.05, 0) is 43.9 Å². The highest BCUT2D eigenvalue weighted by atomic mass is 35.5. The number of hydrogen-bond acceptors (Lipinski definition) is 3. The molecular formula is C16H22ClNO2. The zero-order valence-electron chi connectivity index (χ0n) is 11.7. The number of benzene rings is 1. The lowest BCUT2D eigenvalue weighted by atomic mass is 9.98. The van der Waals surface area contributed by atoms with Crippen LogP contribution in [0.25, 0.3) is 0 Å². The summed E-state index contributed by atoms with van der Waals surface area (Å²) in [5.41, 5.74) is 6.85. The summed E-state index contributed by atoms with van der Waals surface area (Å²) in [5, 5.41) is 0.694. The summed E-state index contributed by atoms with van der Waals surface area (Å²) in [6.45, 7) is 1.04. The van der Waals surface area contributed by atoms with Crippen molar-refractivity contribution in [3.05, 3.63) is 28.8 Å². The maximum Gasteiger partial charge on any atom is 0.124 e. The molecule has 1 saturated heterocycles. The van der Waals surface area contributed by atoms with Crippen LogP contribution in [-0.4, -0.2) is 18.3 Å². The third kappa shape index (κ3) is 2.95. The number of halogens is 1. The lowest BCUT2D eigenvalue weighted by molar-refractivity contribution is -0.0509. The standard InChI is InChI=1S/C16H22ClNO2/c17-13-3-4-15(12(9-13)10-18)19-11-14-5-8-16(20-14)6-1-2-7-16/h3-4,9,14H,1-2,5-8,10-11,18H2. The van der Waals surface area contributed by atoms with E-state index < -0.39 is 0 Å². The average molecular weight is 296 g/mol. The van der Waals surface area contributed by atoms with E-state index in [2.05, 4.69) is 0 Å². The fourth-order valence-electron chi connectivity index (χ4n) is 3.43. The summed E-state index contributed by atoms with van der Waals surface area (Å²) in [5.74, 6) is 0.827. The maximum atomic E-state index is 6.25. The Hall–Kier alpha value is -0.770. The van der Waals surface area contributed by atoms with Gasteiger partial charge in [0.1, 0.15) is 12.4 Å². The highest BCUT2D eigenvalue weighted by Gasteiger charge is 2.42. The Morgan fingerprint density at radius 1 is 1.30 bits per heavy atom. The first-order chi connectivity index (χ1) is 9.71. The van der Waals surface area contributed by atoms with Gasteiger partial charge in [-0.3, -0.25) is 0 Å². The highest BCUT2D eigenvalue weighted by molar-refractivity contribution is 6.30. The fourth-order valence-corrected chi connectivity index (χ4v) is 3.63. The Kier molecular flexibility index (Phi) is 4.20. The Morgan fingerprint density at radius 2 is 2.10 bits per heavy atom. The van der Waals surface area contributed by atoms with E-state index in [0.717, 1.165) is 17.7 Å². The molecule has 3 nitrogen and oxygen atoms in total. The van der Waals surface area contributed by atoms with Crippen molar-refractivity contribution in [1.82, 2.24) is 0 Å². The van der Waals surface area contributed by atoms with Crippen molar-refractivity contribution >= 4 is 11.6 Å². The molecule has 20 heavy (non-hydrogen) atoms. The second-order valence-electron chi connectivity index (χ2n) is 5.94. The molecule has 110 valence electrons. The van der Waals surface area contributed by atoms with E-state index in [1.165, 1.54) is 32.1 Å². The quantitative estimate of drug-likeness (QED) is 0.922. The minimum atomic E-state index is 0.171. The molecule has 2 N–H and O–H groups in total. The van der Waals surface area contributed by atoms with Gasteiger partial charge in [0, 0.05) is 17.1 Å². The van der Waals surface area contributed by atoms with E-state index in [1.807, 2.05) is 18.2 Å². The Balaban J connectivity index is 1.57. The van der Waals surface area contributed by atoms with Crippen LogP contribution < -0.4 is 10.5 Å². The summed E-state index contributed by atoms with van der Waals surface area (Å²) in [6.07, 6.45) is 7.56. The lowest BCUT2D eigenvalue weighted by Crippen LogP contribution is -2.27. The maximum absolute atomic E-state index is 6.25. The molecule has 1 saturated carbocycles. The Morgan fingerprint density at radius 3 is 2.85 bits per heavy atom. The van der Waals surface area contributed by atoms with Crippen LogP contribution in [0.4, 0.5) is 0 Å². The third-order valence-corrected chi connectivity index (χ3v) is 4.76. The van der Waals surface area contributed by atoms with Gasteiger partial charge in [-0.1, -0.05) is 24.4 Å². The van der Waals surface area contributed by atoms with E-state index in [1.54, 1.807) is 0 Å². The molecule has 0 amide bonds. The first-order valence-corrected chi connectivity index (χ1v) is 7.88. The molecule has 0 radical (unpaired) electrons. The largest absolute Gasteiger partial charge is 0.491 e. The highest BCUT2D eigenvalue weighted by Crippen LogP contribution is 2.43. The average Bonchev–Trinajstić information content (AvgIpc) is 3.08. The molecule has 1 unspecified atom stereocenters. The van der Waals surface area contributed by atoms with Crippen LogP contribution in [0, 0.1) is 0 Å². The molecule has 1 aliphatic carbocycles. The number of rotatable bonds is 4. The molecule has 2 aliphatic rings. The first-order valence-electron chi connectivity index (χ1n) is 7.50. The minimum Gasteiger partial charge on any atom is -0.491 e. The van der Waals surface area contributed by atoms with E-state index >= 15 is 0 Å². The molecule has 4 heteroatoms. The van der Waals surface area contributed by atoms with Crippen molar-refractivity contribution in [3.8, 4) is 5.75 Å². The second-order valence-corrected chi connectivity index (χ2v) is 6.37. The molecule has 1 aromatic carbocycles. The molecule has 1 atom stereocenters. The topological polar surface area (TPSA) is 44.5 Å². The SMILES string of the molecule is NCc1cc(Cl)ccc1OCC1CCC2(CCCC2)O1. The van der Waals surface area contributed by atoms with Crippen LogP contribution in [0.15, 0.2) is 18.2 Å². The summed E-state index contributed by atoms with van der Waals surface area (Å²) in [4.78, 5) is 0. The van der Waals surface area contributed by atoms with E-state index in [4.69, 9.17) is 26.8 Å². The molecule has 1 aromatic rings. The molecule has 1 spiro atoms. The molecule has 1 heterocycles. The van der Waals surface area contributed by atoms with Crippen molar-refractivity contribution in [2.24, 2.45) is 5.73 Å². The van der Waals surface area contributed by atoms with E-state index in [9.17, 15) is 0 Å². The van der Waals surface area contributed by atoms with Crippen LogP contribution in [0.3, 0.4) is 0 Å². The molecular weight excluding hydrogens is 274 g/mol. The van der Waals surface area contributed by atoms with Crippen molar-refractivity contribution in [2.45, 2.75) is 56.8 Å². The minimum absolute atomic E-state index is 0.171. The van der Waals surface area contributed by atoms with Crippen LogP contribution in [-0.2, 0) is 11.3 Å². The Labute approximate surface area is 125 Å². The van der Waals surface area contributed by atoms with Gasteiger partial charge in [0.25, 0.3) is 0 Å². The normalized spacial score (nSPS) is 24.4. The predicted molar refractivity (Wildman–Crippen MR) is 80.1 cm³/mol. The molecule has 0 bridgehead atoms. The Bertz CT molecular complexity index is 472. The first kappa shape index (κ1) is 14.2. The smallest absolute Gasteiger partial charge is 0.124 e. The molecule has 1 aliphatic heterocycles. The zero-order valence-corrected chi connectivity index (χ0v) is 12.5. The molecule has 2 fully saturated rings. The van der Waals surface area contributed by atoms with E-state index in [0.29, 0.717) is 18.2 Å². The molecule has 0 aromatic heterocycles. The van der Waals surface area contributed by atoms with Gasteiger partial charge >= 0.3 is 0 Å². The van der Waals surface area contributed by atoms with Gasteiger partial charge in [-0.25, -0.2) is 0 Å². The van der Waals surface area contributed by atoms with Crippen LogP contribution in [0.2, 0.25) is 5.02 Å². The zero-order chi connectivity index (χ0) is 14.0. The summed E-state index contributed by atoms with van der Waals surface area (Å²) in [6, 6.07) is 5.60. The van der Waals surface area contributed by atoms with Gasteiger partial charge in [-0.2, -0.15) is 0 Å². The number of nitrogens with two attached hydrogens (primary N) is 1. The lowest BCUT2D eigenvalue weighted by Gasteiger charge is -2.24. The summed E-state index contributed by atoms with van der Waals surface area (Å²) in [7, 11) is 0. The van der Waals surface area contributed by atoms with E-state index in [-0.39, 0.29) is 11.7 Å². The van der Waals surface area contributed by atoms with Crippen molar-refractivity contribution in [1.29, 1.82) is 0 Å². The molecule has 3 rings (SSSR count). The van der Waals surface area contributed by atoms with Crippen molar-refractivity contribution < 1.29 is 9.47 Å². The second kappa shape index (κ2) is 5.92. The summed E-state index contributed by atoms with van der Waals surface area (Å²) < 4.78 is 12.2. The van der Waals surface area contributed by atoms with Gasteiger partial charge in [0.2, 0.25) is 0 Å². The monoisotopic (exact) mass is 295 g/mol. The van der Waals surface area contributed by atoms with Crippen molar-refractivity contribution in [3.63, 3.8) is 0 Å². The van der Waals surface area contributed by atoms with Gasteiger partial charge in [0.05, 0.1) is 11.7 Å². The van der Waals surface area contributed by atoms with Gasteiger partial charge in [-0.15, -0.1) is 0 Å². The van der Waals surface area contributed by atoms with Crippen LogP contribution in [0.5, 0.6) is 5.75 Å². The fraction of sp³-hybridized carbons (Fsp3) is 0.625. The van der Waals surface area contributed by atoms with Gasteiger partial charge in [0.15, 0.2) is 0 Å². The van der Waals surface area contributed by atoms with Gasteiger partial charge < -0.3 is 15.2 Å². The number of hydrogen-bond donors (Lipinski definition) is 1. The van der Waals surface area contributed by atoms with Crippen LogP contribution >= 0.6 is 11.6 Å². The summed E-state index contributed by atoms with van der Waals surface area (Å²) >= 11 is 5.97.